The number of hydrogen-bond acceptors (Lipinski definition) is 7. The third-order valence-electron chi connectivity index (χ3n) is 4.55. The molecular weight excluding hydrogens is 460 g/mol. The van der Waals surface area contributed by atoms with E-state index in [1.54, 1.807) is 18.2 Å². The Morgan fingerprint density at radius 1 is 1.16 bits per heavy atom. The summed E-state index contributed by atoms with van der Waals surface area (Å²) in [5.74, 6) is -0.672. The Bertz CT molecular complexity index is 1270. The van der Waals surface area contributed by atoms with Gasteiger partial charge in [0.1, 0.15) is 11.3 Å². The summed E-state index contributed by atoms with van der Waals surface area (Å²) in [6, 6.07) is 9.14. The molecule has 9 nitrogen and oxygen atoms in total. The van der Waals surface area contributed by atoms with E-state index in [0.29, 0.717) is 16.9 Å². The molecule has 0 radical (unpaired) electrons. The molecule has 0 atom stereocenters. The number of amides is 1. The lowest BCUT2D eigenvalue weighted by Gasteiger charge is -2.14. The molecule has 1 aromatic heterocycles. The average molecular weight is 481 g/mol. The highest BCUT2D eigenvalue weighted by molar-refractivity contribution is 7.89. The van der Waals surface area contributed by atoms with Crippen molar-refractivity contribution in [2.24, 2.45) is 0 Å². The first-order chi connectivity index (χ1) is 15.1. The Kier molecular flexibility index (Phi) is 7.07. The maximum absolute atomic E-state index is 12.3. The van der Waals surface area contributed by atoms with Gasteiger partial charge >= 0.3 is 5.97 Å². The molecule has 3 aromatic rings. The molecule has 0 unspecified atom stereocenters. The van der Waals surface area contributed by atoms with Gasteiger partial charge in [0.2, 0.25) is 10.0 Å². The quantitative estimate of drug-likeness (QED) is 0.492. The van der Waals surface area contributed by atoms with Crippen molar-refractivity contribution < 1.29 is 31.9 Å². The Labute approximate surface area is 189 Å². The molecule has 32 heavy (non-hydrogen) atoms. The van der Waals surface area contributed by atoms with Crippen LogP contribution in [0.4, 0.5) is 5.69 Å². The predicted octanol–water partition coefficient (Wildman–Crippen LogP) is 3.07. The van der Waals surface area contributed by atoms with Crippen LogP contribution in [0.15, 0.2) is 52.0 Å². The largest absolute Gasteiger partial charge is 0.497 e. The van der Waals surface area contributed by atoms with Gasteiger partial charge in [-0.05, 0) is 30.3 Å². The van der Waals surface area contributed by atoms with Gasteiger partial charge in [-0.15, -0.1) is 0 Å². The first kappa shape index (κ1) is 23.6. The van der Waals surface area contributed by atoms with Gasteiger partial charge in [0, 0.05) is 31.1 Å². The van der Waals surface area contributed by atoms with Gasteiger partial charge in [-0.3, -0.25) is 9.59 Å². The van der Waals surface area contributed by atoms with Crippen LogP contribution in [-0.4, -0.2) is 52.4 Å². The number of furan rings is 1. The zero-order valence-electron chi connectivity index (χ0n) is 17.5. The highest BCUT2D eigenvalue weighted by Crippen LogP contribution is 2.27. The minimum atomic E-state index is -3.71. The van der Waals surface area contributed by atoms with Crippen molar-refractivity contribution in [2.75, 3.05) is 33.1 Å². The van der Waals surface area contributed by atoms with Crippen LogP contribution in [0.3, 0.4) is 0 Å². The molecule has 0 aliphatic rings. The first-order valence-corrected chi connectivity index (χ1v) is 11.2. The molecule has 0 spiro atoms. The maximum Gasteiger partial charge on any atom is 0.310 e. The summed E-state index contributed by atoms with van der Waals surface area (Å²) in [5, 5.41) is 3.33. The van der Waals surface area contributed by atoms with Gasteiger partial charge in [0.25, 0.3) is 5.91 Å². The Morgan fingerprint density at radius 2 is 1.91 bits per heavy atom. The normalized spacial score (nSPS) is 11.5. The van der Waals surface area contributed by atoms with E-state index in [2.05, 4.69) is 5.32 Å². The number of sulfonamides is 1. The van der Waals surface area contributed by atoms with Crippen LogP contribution >= 0.6 is 11.6 Å². The summed E-state index contributed by atoms with van der Waals surface area (Å²) in [7, 11) is 0.612. The third kappa shape index (κ3) is 5.21. The smallest absolute Gasteiger partial charge is 0.310 e. The van der Waals surface area contributed by atoms with E-state index in [4.69, 9.17) is 25.5 Å². The van der Waals surface area contributed by atoms with Crippen LogP contribution in [0.1, 0.15) is 5.56 Å². The number of esters is 1. The molecule has 0 aliphatic carbocycles. The van der Waals surface area contributed by atoms with Crippen LogP contribution in [0, 0.1) is 0 Å². The lowest BCUT2D eigenvalue weighted by atomic mass is 10.1. The fourth-order valence-corrected chi connectivity index (χ4v) is 3.93. The Morgan fingerprint density at radius 3 is 2.59 bits per heavy atom. The molecule has 0 fully saturated rings. The SMILES string of the molecule is COc1ccc2c(CC(=O)OCC(=O)Nc3cc(S(=O)(=O)N(C)C)ccc3Cl)coc2c1. The van der Waals surface area contributed by atoms with Gasteiger partial charge in [-0.1, -0.05) is 11.6 Å². The molecule has 1 N–H and O–H groups in total. The molecule has 170 valence electrons. The van der Waals surface area contributed by atoms with E-state index < -0.39 is 28.5 Å². The summed E-state index contributed by atoms with van der Waals surface area (Å²) >= 11 is 6.05. The maximum atomic E-state index is 12.3. The second-order valence-corrected chi connectivity index (χ2v) is 9.50. The van der Waals surface area contributed by atoms with Crippen molar-refractivity contribution in [3.05, 3.63) is 53.2 Å². The van der Waals surface area contributed by atoms with E-state index in [1.165, 1.54) is 45.7 Å². The molecule has 3 rings (SSSR count). The van der Waals surface area contributed by atoms with Crippen molar-refractivity contribution in [1.82, 2.24) is 4.31 Å². The van der Waals surface area contributed by atoms with Gasteiger partial charge in [0.05, 0.1) is 35.4 Å². The minimum absolute atomic E-state index is 0.0392. The molecule has 0 bridgehead atoms. The zero-order valence-corrected chi connectivity index (χ0v) is 19.1. The highest BCUT2D eigenvalue weighted by Gasteiger charge is 2.20. The summed E-state index contributed by atoms with van der Waals surface area (Å²) in [6.07, 6.45) is 1.35. The lowest BCUT2D eigenvalue weighted by Crippen LogP contribution is -2.23. The average Bonchev–Trinajstić information content (AvgIpc) is 3.15. The van der Waals surface area contributed by atoms with Gasteiger partial charge in [0.15, 0.2) is 6.61 Å². The molecular formula is C21H21ClN2O7S. The highest BCUT2D eigenvalue weighted by atomic mass is 35.5. The van der Waals surface area contributed by atoms with E-state index in [-0.39, 0.29) is 22.0 Å². The summed E-state index contributed by atoms with van der Waals surface area (Å²) < 4.78 is 41.2. The van der Waals surface area contributed by atoms with Crippen molar-refractivity contribution in [3.63, 3.8) is 0 Å². The molecule has 0 aliphatic heterocycles. The van der Waals surface area contributed by atoms with Crippen LogP contribution in [0.5, 0.6) is 5.75 Å². The summed E-state index contributed by atoms with van der Waals surface area (Å²) in [5.41, 5.74) is 1.26. The number of anilines is 1. The predicted molar refractivity (Wildman–Crippen MR) is 118 cm³/mol. The van der Waals surface area contributed by atoms with Gasteiger partial charge < -0.3 is 19.2 Å². The van der Waals surface area contributed by atoms with Crippen molar-refractivity contribution in [1.29, 1.82) is 0 Å². The number of halogens is 1. The van der Waals surface area contributed by atoms with E-state index >= 15 is 0 Å². The van der Waals surface area contributed by atoms with Crippen molar-refractivity contribution in [3.8, 4) is 5.75 Å². The van der Waals surface area contributed by atoms with Crippen LogP contribution < -0.4 is 10.1 Å². The number of benzene rings is 2. The monoisotopic (exact) mass is 480 g/mol. The number of fused-ring (bicyclic) bond motifs is 1. The first-order valence-electron chi connectivity index (χ1n) is 9.33. The van der Waals surface area contributed by atoms with Crippen molar-refractivity contribution in [2.45, 2.75) is 11.3 Å². The van der Waals surface area contributed by atoms with Crippen molar-refractivity contribution >= 4 is 50.2 Å². The summed E-state index contributed by atoms with van der Waals surface area (Å²) in [6.45, 7) is -0.566. The number of hydrogen-bond donors (Lipinski definition) is 1. The standard InChI is InChI=1S/C21H21ClN2O7S/c1-24(2)32(27,28)15-5-7-17(22)18(10-15)23-20(25)12-31-21(26)8-13-11-30-19-9-14(29-3)4-6-16(13)19/h4-7,9-11H,8,12H2,1-3H3,(H,23,25). The molecule has 1 heterocycles. The number of nitrogens with zero attached hydrogens (tertiary/aromatic N) is 1. The Hall–Kier alpha value is -3.08. The number of methoxy groups -OCH3 is 1. The van der Waals surface area contributed by atoms with E-state index in [9.17, 15) is 18.0 Å². The zero-order chi connectivity index (χ0) is 23.5. The van der Waals surface area contributed by atoms with Crippen LogP contribution in [0.2, 0.25) is 5.02 Å². The lowest BCUT2D eigenvalue weighted by molar-refractivity contribution is -0.146. The Balaban J connectivity index is 1.61. The topological polar surface area (TPSA) is 115 Å². The third-order valence-corrected chi connectivity index (χ3v) is 6.69. The number of rotatable bonds is 8. The van der Waals surface area contributed by atoms with Crippen LogP contribution in [-0.2, 0) is 30.8 Å². The second-order valence-electron chi connectivity index (χ2n) is 6.94. The van der Waals surface area contributed by atoms with E-state index in [1.807, 2.05) is 0 Å². The van der Waals surface area contributed by atoms with E-state index in [0.717, 1.165) is 9.69 Å². The molecule has 1 amide bonds. The molecule has 0 saturated carbocycles. The summed E-state index contributed by atoms with van der Waals surface area (Å²) in [4.78, 5) is 24.4. The number of carbonyl (C=O) groups excluding carboxylic acids is 2. The number of carbonyl (C=O) groups is 2. The fraction of sp³-hybridized carbons (Fsp3) is 0.238. The number of ether oxygens (including phenoxy) is 2. The molecule has 2 aromatic carbocycles. The molecule has 0 saturated heterocycles. The molecule has 11 heteroatoms. The van der Waals surface area contributed by atoms with Crippen LogP contribution in [0.25, 0.3) is 11.0 Å². The number of nitrogens with one attached hydrogen (secondary N) is 1. The second kappa shape index (κ2) is 9.60. The fourth-order valence-electron chi connectivity index (χ4n) is 2.84. The van der Waals surface area contributed by atoms with Gasteiger partial charge in [-0.2, -0.15) is 0 Å². The van der Waals surface area contributed by atoms with Gasteiger partial charge in [-0.25, -0.2) is 12.7 Å². The minimum Gasteiger partial charge on any atom is -0.497 e.